The number of benzene rings is 2. The number of halogens is 2. The molecule has 0 spiro atoms. The van der Waals surface area contributed by atoms with E-state index in [-0.39, 0.29) is 65.4 Å². The van der Waals surface area contributed by atoms with Crippen LogP contribution in [0.1, 0.15) is 26.5 Å². The van der Waals surface area contributed by atoms with Gasteiger partial charge in [0, 0.05) is 17.5 Å². The molecule has 0 unspecified atom stereocenters. The minimum Gasteiger partial charge on any atom is -0.545 e. The third kappa shape index (κ3) is 6.27. The number of anilines is 1. The first-order chi connectivity index (χ1) is 15.2. The molecule has 1 aromatic heterocycles. The number of ether oxygens (including phenoxy) is 1. The summed E-state index contributed by atoms with van der Waals surface area (Å²) in [6, 6.07) is 8.25. The van der Waals surface area contributed by atoms with E-state index < -0.39 is 16.8 Å². The molecule has 1 amide bonds. The second-order valence-corrected chi connectivity index (χ2v) is 7.34. The van der Waals surface area contributed by atoms with Gasteiger partial charge in [-0.1, -0.05) is 23.2 Å². The van der Waals surface area contributed by atoms with Crippen molar-refractivity contribution in [2.24, 2.45) is 0 Å². The fourth-order valence-electron chi connectivity index (χ4n) is 2.89. The van der Waals surface area contributed by atoms with Crippen LogP contribution in [0.3, 0.4) is 0 Å². The van der Waals surface area contributed by atoms with Crippen LogP contribution in [0.5, 0.6) is 5.75 Å². The van der Waals surface area contributed by atoms with E-state index in [1.165, 1.54) is 41.0 Å². The Labute approximate surface area is 209 Å². The Morgan fingerprint density at radius 1 is 1.18 bits per heavy atom. The van der Waals surface area contributed by atoms with Crippen LogP contribution in [0.25, 0.3) is 0 Å². The number of imidazole rings is 1. The molecule has 0 radical (unpaired) electrons. The smallest absolute Gasteiger partial charge is 0.545 e. The SMILES string of the molecule is Cc1ncc([N+](=O)[O-])n1CCOc1ccc(NC(=O)c2ccc(Cl)cc2Cl)c(C(=O)[O-])c1.[Li+]. The van der Waals surface area contributed by atoms with E-state index in [2.05, 4.69) is 10.3 Å². The van der Waals surface area contributed by atoms with Gasteiger partial charge in [0.15, 0.2) is 5.82 Å². The fourth-order valence-corrected chi connectivity index (χ4v) is 3.38. The van der Waals surface area contributed by atoms with Crippen molar-refractivity contribution < 1.29 is 43.2 Å². The van der Waals surface area contributed by atoms with Gasteiger partial charge in [-0.2, -0.15) is 0 Å². The van der Waals surface area contributed by atoms with Crippen LogP contribution in [-0.2, 0) is 6.54 Å². The molecule has 0 bridgehead atoms. The van der Waals surface area contributed by atoms with Crippen LogP contribution in [-0.4, -0.2) is 33.0 Å². The number of aromatic nitrogens is 2. The number of aryl methyl sites for hydroxylation is 1. The summed E-state index contributed by atoms with van der Waals surface area (Å²) < 4.78 is 6.89. The average molecular weight is 485 g/mol. The topological polar surface area (TPSA) is 139 Å². The van der Waals surface area contributed by atoms with E-state index in [4.69, 9.17) is 27.9 Å². The summed E-state index contributed by atoms with van der Waals surface area (Å²) in [7, 11) is 0. The molecule has 0 saturated heterocycles. The second-order valence-electron chi connectivity index (χ2n) is 6.49. The molecule has 10 nitrogen and oxygen atoms in total. The molecule has 0 aliphatic heterocycles. The molecule has 13 heteroatoms. The Balaban J connectivity index is 0.00000385. The van der Waals surface area contributed by atoms with Gasteiger partial charge in [0.1, 0.15) is 25.1 Å². The molecule has 0 fully saturated rings. The molecule has 0 saturated carbocycles. The summed E-state index contributed by atoms with van der Waals surface area (Å²) >= 11 is 11.8. The molecular formula is C20H15Cl2LiN4O6. The number of carboxylic acid groups (broad SMARTS) is 1. The van der Waals surface area contributed by atoms with Gasteiger partial charge in [0.25, 0.3) is 5.91 Å². The third-order valence-electron chi connectivity index (χ3n) is 4.44. The van der Waals surface area contributed by atoms with Gasteiger partial charge in [-0.15, -0.1) is 0 Å². The Morgan fingerprint density at radius 2 is 1.91 bits per heavy atom. The number of rotatable bonds is 8. The zero-order valence-electron chi connectivity index (χ0n) is 17.5. The number of nitro groups is 1. The van der Waals surface area contributed by atoms with Crippen LogP contribution < -0.4 is 34.0 Å². The van der Waals surface area contributed by atoms with Crippen molar-refractivity contribution in [3.8, 4) is 5.75 Å². The Morgan fingerprint density at radius 3 is 2.55 bits per heavy atom. The van der Waals surface area contributed by atoms with Crippen molar-refractivity contribution in [1.82, 2.24) is 9.55 Å². The van der Waals surface area contributed by atoms with E-state index >= 15 is 0 Å². The van der Waals surface area contributed by atoms with E-state index in [0.29, 0.717) is 10.8 Å². The maximum atomic E-state index is 12.5. The molecule has 1 N–H and O–H groups in total. The third-order valence-corrected chi connectivity index (χ3v) is 4.99. The molecule has 0 aliphatic rings. The first-order valence-electron chi connectivity index (χ1n) is 9.08. The van der Waals surface area contributed by atoms with E-state index in [1.807, 2.05) is 0 Å². The predicted molar refractivity (Wildman–Crippen MR) is 114 cm³/mol. The zero-order chi connectivity index (χ0) is 23.4. The van der Waals surface area contributed by atoms with Crippen LogP contribution in [0.2, 0.25) is 10.0 Å². The van der Waals surface area contributed by atoms with Crippen molar-refractivity contribution in [2.75, 3.05) is 11.9 Å². The largest absolute Gasteiger partial charge is 1.00 e. The average Bonchev–Trinajstić information content (AvgIpc) is 3.09. The van der Waals surface area contributed by atoms with Crippen molar-refractivity contribution in [1.29, 1.82) is 0 Å². The van der Waals surface area contributed by atoms with E-state index in [1.54, 1.807) is 6.92 Å². The van der Waals surface area contributed by atoms with Crippen molar-refractivity contribution in [2.45, 2.75) is 13.5 Å². The number of carboxylic acids is 1. The Bertz CT molecular complexity index is 1220. The standard InChI is InChI=1S/C20H16Cl2N4O6.Li/c1-11-23-10-18(26(30)31)25(11)6-7-32-13-3-5-17(15(9-13)20(28)29)24-19(27)14-4-2-12(21)8-16(14)22;/h2-5,8-10H,6-7H2,1H3,(H,24,27)(H,28,29);/q;+1/p-1. The number of aromatic carboxylic acids is 1. The summed E-state index contributed by atoms with van der Waals surface area (Å²) in [6.07, 6.45) is 1.15. The molecule has 0 atom stereocenters. The summed E-state index contributed by atoms with van der Waals surface area (Å²) in [4.78, 5) is 38.4. The minimum atomic E-state index is -1.53. The molecule has 166 valence electrons. The van der Waals surface area contributed by atoms with Crippen molar-refractivity contribution in [3.63, 3.8) is 0 Å². The molecular weight excluding hydrogens is 470 g/mol. The van der Waals surface area contributed by atoms with Crippen molar-refractivity contribution in [3.05, 3.63) is 79.7 Å². The second kappa shape index (κ2) is 11.2. The number of nitrogens with zero attached hydrogens (tertiary/aromatic N) is 3. The summed E-state index contributed by atoms with van der Waals surface area (Å²) in [5, 5.41) is 25.5. The van der Waals surface area contributed by atoms with Gasteiger partial charge in [0.05, 0.1) is 22.2 Å². The first kappa shape index (κ1) is 26.2. The number of hydrogen-bond acceptors (Lipinski definition) is 7. The number of nitrogens with one attached hydrogen (secondary N) is 1. The molecule has 3 rings (SSSR count). The van der Waals surface area contributed by atoms with Gasteiger partial charge in [0.2, 0.25) is 0 Å². The van der Waals surface area contributed by atoms with Crippen LogP contribution in [0, 0.1) is 17.0 Å². The number of carbonyl (C=O) groups excluding carboxylic acids is 2. The summed E-state index contributed by atoms with van der Waals surface area (Å²) in [5.41, 5.74) is -0.224. The van der Waals surface area contributed by atoms with Crippen molar-refractivity contribution >= 4 is 46.6 Å². The van der Waals surface area contributed by atoms with Gasteiger partial charge in [-0.25, -0.2) is 9.55 Å². The van der Waals surface area contributed by atoms with Crippen LogP contribution in [0.15, 0.2) is 42.6 Å². The maximum Gasteiger partial charge on any atom is 1.00 e. The van der Waals surface area contributed by atoms with Gasteiger partial charge < -0.3 is 30.1 Å². The molecule has 0 aliphatic carbocycles. The normalized spacial score (nSPS) is 10.3. The number of hydrogen-bond donors (Lipinski definition) is 1. The summed E-state index contributed by atoms with van der Waals surface area (Å²) in [6.45, 7) is 1.75. The van der Waals surface area contributed by atoms with Crippen LogP contribution in [0.4, 0.5) is 11.5 Å². The maximum absolute atomic E-state index is 12.5. The number of carbonyl (C=O) groups is 2. The van der Waals surface area contributed by atoms with E-state index in [0.717, 1.165) is 6.20 Å². The monoisotopic (exact) mass is 484 g/mol. The Hall–Kier alpha value is -3.03. The molecule has 1 heterocycles. The van der Waals surface area contributed by atoms with Gasteiger partial charge in [-0.3, -0.25) is 4.79 Å². The predicted octanol–water partition coefficient (Wildman–Crippen LogP) is 0.105. The molecule has 33 heavy (non-hydrogen) atoms. The fraction of sp³-hybridized carbons (Fsp3) is 0.150. The van der Waals surface area contributed by atoms with Crippen LogP contribution >= 0.6 is 23.2 Å². The Kier molecular flexibility index (Phi) is 8.90. The molecule has 3 aromatic rings. The zero-order valence-corrected chi connectivity index (χ0v) is 19.0. The first-order valence-corrected chi connectivity index (χ1v) is 9.84. The van der Waals surface area contributed by atoms with Gasteiger partial charge >= 0.3 is 24.7 Å². The quantitative estimate of drug-likeness (QED) is 0.271. The molecule has 2 aromatic carbocycles. The summed E-state index contributed by atoms with van der Waals surface area (Å²) in [5.74, 6) is -1.73. The van der Waals surface area contributed by atoms with Gasteiger partial charge in [-0.05, 0) is 41.3 Å². The minimum absolute atomic E-state index is 0. The van der Waals surface area contributed by atoms with E-state index in [9.17, 15) is 24.8 Å². The number of amides is 1.